The average Bonchev–Trinajstić information content (AvgIpc) is 3.50. The Bertz CT molecular complexity index is 1270. The molecule has 3 aromatic rings. The number of fused-ring (bicyclic) bond motifs is 1. The number of aromatic nitrogens is 4. The first-order valence-corrected chi connectivity index (χ1v) is 11.6. The van der Waals surface area contributed by atoms with Crippen LogP contribution in [0, 0.1) is 0 Å². The van der Waals surface area contributed by atoms with Crippen LogP contribution < -0.4 is 21.5 Å². The molecule has 3 aromatic heterocycles. The molecule has 1 aliphatic heterocycles. The zero-order valence-corrected chi connectivity index (χ0v) is 19.4. The molecule has 1 saturated heterocycles. The summed E-state index contributed by atoms with van der Waals surface area (Å²) in [4.78, 5) is 32.8. The van der Waals surface area contributed by atoms with Gasteiger partial charge in [0.1, 0.15) is 22.9 Å². The number of nitrogens with zero attached hydrogens (tertiary/aromatic N) is 5. The van der Waals surface area contributed by atoms with E-state index in [1.807, 2.05) is 0 Å². The molecule has 33 heavy (non-hydrogen) atoms. The maximum atomic E-state index is 13.3. The van der Waals surface area contributed by atoms with E-state index >= 15 is 0 Å². The van der Waals surface area contributed by atoms with Crippen molar-refractivity contribution in [2.75, 3.05) is 37.8 Å². The number of hydrogen-bond donors (Lipinski definition) is 3. The van der Waals surface area contributed by atoms with Crippen LogP contribution in [0.2, 0.25) is 5.02 Å². The maximum absolute atomic E-state index is 13.3. The van der Waals surface area contributed by atoms with E-state index in [0.717, 1.165) is 38.8 Å². The number of piperidine rings is 1. The van der Waals surface area contributed by atoms with Crippen LogP contribution in [0.5, 0.6) is 0 Å². The number of carbonyl (C=O) groups is 1. The Kier molecular flexibility index (Phi) is 5.71. The number of amides is 1. The fraction of sp³-hybridized carbons (Fsp3) is 0.455. The average molecular weight is 471 g/mol. The predicted octanol–water partition coefficient (Wildman–Crippen LogP) is 2.49. The highest BCUT2D eigenvalue weighted by Gasteiger charge is 2.26. The molecule has 10 nitrogen and oxygen atoms in total. The highest BCUT2D eigenvalue weighted by molar-refractivity contribution is 6.30. The number of halogens is 1. The zero-order valence-electron chi connectivity index (χ0n) is 18.6. The first-order valence-electron chi connectivity index (χ1n) is 11.2. The zero-order chi connectivity index (χ0) is 23.1. The standard InChI is InChI=1S/C22H27ClN8O2/c1-24-19-9-18(28-20-16(10-25-31(19)20)21(32)26-14-5-6-14)27-17-8-13(23)11-30(22(17)33)15-4-3-7-29(2)12-15/h8-11,14-15,24H,3-7,12H2,1-2H3,(H,26,32)(H,27,28)/t15-/m1/s1. The fourth-order valence-corrected chi connectivity index (χ4v) is 4.50. The Hall–Kier alpha value is -3.11. The van der Waals surface area contributed by atoms with E-state index in [1.54, 1.807) is 34.5 Å². The van der Waals surface area contributed by atoms with E-state index < -0.39 is 0 Å². The predicted molar refractivity (Wildman–Crippen MR) is 128 cm³/mol. The molecule has 1 atom stereocenters. The van der Waals surface area contributed by atoms with Crippen LogP contribution in [0.4, 0.5) is 17.3 Å². The molecule has 0 bridgehead atoms. The molecule has 0 spiro atoms. The van der Waals surface area contributed by atoms with Gasteiger partial charge in [0.15, 0.2) is 5.65 Å². The molecule has 1 aliphatic carbocycles. The monoisotopic (exact) mass is 470 g/mol. The molecule has 11 heteroatoms. The normalized spacial score (nSPS) is 18.9. The van der Waals surface area contributed by atoms with Gasteiger partial charge in [-0.3, -0.25) is 9.59 Å². The third kappa shape index (κ3) is 4.40. The van der Waals surface area contributed by atoms with Crippen molar-refractivity contribution in [3.05, 3.63) is 45.5 Å². The minimum absolute atomic E-state index is 0.0614. The maximum Gasteiger partial charge on any atom is 0.274 e. The smallest absolute Gasteiger partial charge is 0.274 e. The van der Waals surface area contributed by atoms with Gasteiger partial charge in [-0.25, -0.2) is 4.98 Å². The number of likely N-dealkylation sites (N-methyl/N-ethyl adjacent to an activating group) is 1. The molecule has 1 amide bonds. The summed E-state index contributed by atoms with van der Waals surface area (Å²) in [6, 6.07) is 3.63. The van der Waals surface area contributed by atoms with Gasteiger partial charge >= 0.3 is 0 Å². The van der Waals surface area contributed by atoms with Gasteiger partial charge in [-0.2, -0.15) is 9.61 Å². The lowest BCUT2D eigenvalue weighted by atomic mass is 10.1. The summed E-state index contributed by atoms with van der Waals surface area (Å²) < 4.78 is 3.28. The third-order valence-corrected chi connectivity index (χ3v) is 6.36. The van der Waals surface area contributed by atoms with E-state index in [9.17, 15) is 9.59 Å². The summed E-state index contributed by atoms with van der Waals surface area (Å²) in [5, 5.41) is 13.9. The SMILES string of the molecule is CNc1cc(Nc2cc(Cl)cn([C@@H]3CCCN(C)C3)c2=O)nc2c(C(=O)NC3CC3)cnn12. The molecule has 0 aromatic carbocycles. The van der Waals surface area contributed by atoms with Crippen molar-refractivity contribution >= 4 is 40.5 Å². The molecule has 3 N–H and O–H groups in total. The van der Waals surface area contributed by atoms with Crippen molar-refractivity contribution < 1.29 is 4.79 Å². The van der Waals surface area contributed by atoms with E-state index in [1.165, 1.54) is 6.20 Å². The molecule has 1 saturated carbocycles. The summed E-state index contributed by atoms with van der Waals surface area (Å²) in [5.41, 5.74) is 0.959. The molecular formula is C22H27ClN8O2. The lowest BCUT2D eigenvalue weighted by Crippen LogP contribution is -2.38. The number of carbonyl (C=O) groups excluding carboxylic acids is 1. The molecule has 0 radical (unpaired) electrons. The van der Waals surface area contributed by atoms with Crippen LogP contribution in [-0.4, -0.2) is 63.2 Å². The number of anilines is 3. The first-order chi connectivity index (χ1) is 15.9. The van der Waals surface area contributed by atoms with Crippen molar-refractivity contribution in [3.8, 4) is 0 Å². The fourth-order valence-electron chi connectivity index (χ4n) is 4.29. The van der Waals surface area contributed by atoms with E-state index in [4.69, 9.17) is 11.6 Å². The van der Waals surface area contributed by atoms with Gasteiger partial charge < -0.3 is 25.4 Å². The van der Waals surface area contributed by atoms with Crippen molar-refractivity contribution in [2.45, 2.75) is 37.8 Å². The van der Waals surface area contributed by atoms with Gasteiger partial charge in [0, 0.05) is 37.9 Å². The van der Waals surface area contributed by atoms with Gasteiger partial charge in [-0.15, -0.1) is 0 Å². The van der Waals surface area contributed by atoms with Gasteiger partial charge in [0.25, 0.3) is 11.5 Å². The van der Waals surface area contributed by atoms with Gasteiger partial charge in [0.2, 0.25) is 0 Å². The number of nitrogens with one attached hydrogen (secondary N) is 3. The quantitative estimate of drug-likeness (QED) is 0.507. The van der Waals surface area contributed by atoms with E-state index in [-0.39, 0.29) is 23.6 Å². The number of pyridine rings is 1. The van der Waals surface area contributed by atoms with Crippen molar-refractivity contribution in [1.29, 1.82) is 0 Å². The summed E-state index contributed by atoms with van der Waals surface area (Å²) in [6.07, 6.45) is 7.14. The summed E-state index contributed by atoms with van der Waals surface area (Å²) in [7, 11) is 3.82. The summed E-state index contributed by atoms with van der Waals surface area (Å²) in [6.45, 7) is 1.82. The summed E-state index contributed by atoms with van der Waals surface area (Å²) in [5.74, 6) is 0.842. The van der Waals surface area contributed by atoms with Crippen LogP contribution >= 0.6 is 11.6 Å². The van der Waals surface area contributed by atoms with Crippen LogP contribution in [0.3, 0.4) is 0 Å². The molecule has 4 heterocycles. The topological polar surface area (TPSA) is 109 Å². The first kappa shape index (κ1) is 21.7. The van der Waals surface area contributed by atoms with Crippen LogP contribution in [-0.2, 0) is 0 Å². The lowest BCUT2D eigenvalue weighted by molar-refractivity contribution is 0.0952. The van der Waals surface area contributed by atoms with Crippen molar-refractivity contribution in [2.24, 2.45) is 0 Å². The molecule has 2 aliphatic rings. The van der Waals surface area contributed by atoms with Gasteiger partial charge in [0.05, 0.1) is 11.2 Å². The van der Waals surface area contributed by atoms with Crippen molar-refractivity contribution in [1.82, 2.24) is 29.4 Å². The minimum atomic E-state index is -0.203. The number of hydrogen-bond acceptors (Lipinski definition) is 7. The Labute approximate surface area is 195 Å². The van der Waals surface area contributed by atoms with Crippen LogP contribution in [0.1, 0.15) is 42.1 Å². The highest BCUT2D eigenvalue weighted by atomic mass is 35.5. The Morgan fingerprint density at radius 1 is 1.24 bits per heavy atom. The van der Waals surface area contributed by atoms with Crippen LogP contribution in [0.15, 0.2) is 29.3 Å². The van der Waals surface area contributed by atoms with E-state index in [2.05, 4.69) is 38.0 Å². The van der Waals surface area contributed by atoms with Gasteiger partial charge in [-0.1, -0.05) is 11.6 Å². The van der Waals surface area contributed by atoms with Gasteiger partial charge in [-0.05, 0) is 45.3 Å². The molecule has 2 fully saturated rings. The van der Waals surface area contributed by atoms with E-state index in [0.29, 0.717) is 33.6 Å². The molecule has 174 valence electrons. The highest BCUT2D eigenvalue weighted by Crippen LogP contribution is 2.25. The Morgan fingerprint density at radius 2 is 2.06 bits per heavy atom. The number of likely N-dealkylation sites (tertiary alicyclic amines) is 1. The Morgan fingerprint density at radius 3 is 2.79 bits per heavy atom. The molecule has 0 unspecified atom stereocenters. The lowest BCUT2D eigenvalue weighted by Gasteiger charge is -2.31. The summed E-state index contributed by atoms with van der Waals surface area (Å²) >= 11 is 6.39. The second-order valence-corrected chi connectivity index (χ2v) is 9.22. The number of rotatable bonds is 6. The van der Waals surface area contributed by atoms with Crippen LogP contribution in [0.25, 0.3) is 5.65 Å². The molecular weight excluding hydrogens is 444 g/mol. The largest absolute Gasteiger partial charge is 0.373 e. The minimum Gasteiger partial charge on any atom is -0.373 e. The second kappa shape index (κ2) is 8.68. The third-order valence-electron chi connectivity index (χ3n) is 6.15. The molecule has 5 rings (SSSR count). The second-order valence-electron chi connectivity index (χ2n) is 8.79. The Balaban J connectivity index is 1.51. The van der Waals surface area contributed by atoms with Crippen molar-refractivity contribution in [3.63, 3.8) is 0 Å².